The van der Waals surface area contributed by atoms with Crippen molar-refractivity contribution in [3.8, 4) is 0 Å². The number of ketones is 1. The van der Waals surface area contributed by atoms with Crippen molar-refractivity contribution < 1.29 is 19.1 Å². The van der Waals surface area contributed by atoms with Crippen molar-refractivity contribution >= 4 is 17.8 Å². The zero-order valence-corrected chi connectivity index (χ0v) is 13.5. The Balaban J connectivity index is 2.39. The minimum atomic E-state index is -0.514. The van der Waals surface area contributed by atoms with Crippen LogP contribution in [0.25, 0.3) is 0 Å². The summed E-state index contributed by atoms with van der Waals surface area (Å²) in [4.78, 5) is 37.4. The van der Waals surface area contributed by atoms with Crippen molar-refractivity contribution in [1.82, 2.24) is 10.2 Å². The van der Waals surface area contributed by atoms with Crippen LogP contribution < -0.4 is 5.32 Å². The number of ether oxygens (including phenoxy) is 1. The molecule has 2 rings (SSSR count). The zero-order valence-electron chi connectivity index (χ0n) is 13.5. The van der Waals surface area contributed by atoms with Gasteiger partial charge in [0.05, 0.1) is 12.6 Å². The molecule has 6 heteroatoms. The fraction of sp³-hybridized carbons (Fsp3) is 0.353. The van der Waals surface area contributed by atoms with E-state index in [9.17, 15) is 14.4 Å². The summed E-state index contributed by atoms with van der Waals surface area (Å²) in [5, 5.41) is 2.79. The highest BCUT2D eigenvalue weighted by Gasteiger charge is 2.34. The molecular weight excluding hydrogens is 296 g/mol. The number of nitrogens with zero attached hydrogens (tertiary/aromatic N) is 1. The monoisotopic (exact) mass is 316 g/mol. The largest absolute Gasteiger partial charge is 0.465 e. The van der Waals surface area contributed by atoms with Gasteiger partial charge in [-0.25, -0.2) is 4.79 Å². The Kier molecular flexibility index (Phi) is 5.16. The zero-order chi connectivity index (χ0) is 17.0. The van der Waals surface area contributed by atoms with E-state index in [1.165, 1.54) is 11.8 Å². The molecule has 1 aliphatic rings. The van der Waals surface area contributed by atoms with Gasteiger partial charge in [-0.3, -0.25) is 14.5 Å². The number of carbonyl (C=O) groups is 3. The fourth-order valence-corrected chi connectivity index (χ4v) is 2.66. The van der Waals surface area contributed by atoms with Crippen LogP contribution in [0.15, 0.2) is 41.6 Å². The first-order chi connectivity index (χ1) is 11.0. The quantitative estimate of drug-likeness (QED) is 0.845. The third kappa shape index (κ3) is 3.59. The molecule has 0 unspecified atom stereocenters. The van der Waals surface area contributed by atoms with Crippen LogP contribution >= 0.6 is 0 Å². The third-order valence-electron chi connectivity index (χ3n) is 3.70. The van der Waals surface area contributed by atoms with E-state index in [1.807, 2.05) is 30.3 Å². The molecule has 23 heavy (non-hydrogen) atoms. The van der Waals surface area contributed by atoms with E-state index >= 15 is 0 Å². The number of benzene rings is 1. The summed E-state index contributed by atoms with van der Waals surface area (Å²) < 4.78 is 4.88. The van der Waals surface area contributed by atoms with Crippen molar-refractivity contribution in [2.24, 2.45) is 0 Å². The predicted molar refractivity (Wildman–Crippen MR) is 84.4 cm³/mol. The van der Waals surface area contributed by atoms with Crippen LogP contribution in [0.3, 0.4) is 0 Å². The molecule has 1 aliphatic heterocycles. The molecule has 0 bridgehead atoms. The molecule has 122 valence electrons. The van der Waals surface area contributed by atoms with E-state index in [0.29, 0.717) is 11.3 Å². The normalized spacial score (nSPS) is 17.8. The Hall–Kier alpha value is -2.63. The number of nitrogens with one attached hydrogen (secondary N) is 1. The first kappa shape index (κ1) is 16.7. The summed E-state index contributed by atoms with van der Waals surface area (Å²) >= 11 is 0. The Morgan fingerprint density at radius 3 is 2.48 bits per heavy atom. The lowest BCUT2D eigenvalue weighted by atomic mass is 9.92. The van der Waals surface area contributed by atoms with Gasteiger partial charge in [0.25, 0.3) is 0 Å². The lowest BCUT2D eigenvalue weighted by Gasteiger charge is -2.35. The van der Waals surface area contributed by atoms with Gasteiger partial charge in [0.1, 0.15) is 6.54 Å². The molecule has 1 heterocycles. The molecule has 0 aromatic heterocycles. The molecule has 0 radical (unpaired) electrons. The van der Waals surface area contributed by atoms with E-state index in [2.05, 4.69) is 5.32 Å². The van der Waals surface area contributed by atoms with Crippen LogP contribution in [0.2, 0.25) is 0 Å². The Bertz CT molecular complexity index is 652. The van der Waals surface area contributed by atoms with E-state index in [0.717, 1.165) is 5.56 Å². The van der Waals surface area contributed by atoms with Crippen LogP contribution in [0.1, 0.15) is 32.4 Å². The third-order valence-corrected chi connectivity index (χ3v) is 3.70. The summed E-state index contributed by atoms with van der Waals surface area (Å²) in [6.45, 7) is 4.84. The van der Waals surface area contributed by atoms with Gasteiger partial charge in [-0.05, 0) is 26.3 Å². The van der Waals surface area contributed by atoms with Gasteiger partial charge in [0.15, 0.2) is 5.78 Å². The molecule has 1 aromatic rings. The van der Waals surface area contributed by atoms with Crippen molar-refractivity contribution in [1.29, 1.82) is 0 Å². The molecule has 0 saturated heterocycles. The van der Waals surface area contributed by atoms with E-state index < -0.39 is 18.0 Å². The maximum Gasteiger partial charge on any atom is 0.326 e. The van der Waals surface area contributed by atoms with E-state index in [-0.39, 0.29) is 18.9 Å². The van der Waals surface area contributed by atoms with Gasteiger partial charge in [0.2, 0.25) is 0 Å². The number of allylic oxidation sites excluding steroid dienone is 1. The molecule has 6 nitrogen and oxygen atoms in total. The van der Waals surface area contributed by atoms with Gasteiger partial charge in [0, 0.05) is 11.3 Å². The number of carbonyl (C=O) groups excluding carboxylic acids is 3. The van der Waals surface area contributed by atoms with Crippen molar-refractivity contribution in [2.75, 3.05) is 13.2 Å². The molecule has 0 aliphatic carbocycles. The number of hydrogen-bond acceptors (Lipinski definition) is 4. The van der Waals surface area contributed by atoms with Crippen LogP contribution in [0, 0.1) is 0 Å². The second-order valence-corrected chi connectivity index (χ2v) is 5.24. The van der Waals surface area contributed by atoms with Crippen molar-refractivity contribution in [2.45, 2.75) is 26.8 Å². The maximum absolute atomic E-state index is 12.4. The van der Waals surface area contributed by atoms with Crippen LogP contribution in [0.5, 0.6) is 0 Å². The molecular formula is C17H20N2O4. The molecule has 0 fully saturated rings. The highest BCUT2D eigenvalue weighted by atomic mass is 16.5. The van der Waals surface area contributed by atoms with Gasteiger partial charge >= 0.3 is 12.0 Å². The van der Waals surface area contributed by atoms with Gasteiger partial charge in [-0.2, -0.15) is 0 Å². The number of amides is 2. The van der Waals surface area contributed by atoms with Crippen LogP contribution in [0.4, 0.5) is 4.79 Å². The second-order valence-electron chi connectivity index (χ2n) is 5.24. The first-order valence-electron chi connectivity index (χ1n) is 7.46. The van der Waals surface area contributed by atoms with Crippen molar-refractivity contribution in [3.05, 3.63) is 47.2 Å². The highest BCUT2D eigenvalue weighted by Crippen LogP contribution is 2.30. The molecule has 2 amide bonds. The summed E-state index contributed by atoms with van der Waals surface area (Å²) in [7, 11) is 0. The molecule has 1 aromatic carbocycles. The number of hydrogen-bond donors (Lipinski definition) is 1. The van der Waals surface area contributed by atoms with Crippen molar-refractivity contribution in [3.63, 3.8) is 0 Å². The minimum Gasteiger partial charge on any atom is -0.465 e. The van der Waals surface area contributed by atoms with Crippen LogP contribution in [-0.2, 0) is 14.3 Å². The summed E-state index contributed by atoms with van der Waals surface area (Å²) in [5.74, 6) is -0.659. The summed E-state index contributed by atoms with van der Waals surface area (Å²) in [5.41, 5.74) is 1.77. The fourth-order valence-electron chi connectivity index (χ4n) is 2.66. The number of urea groups is 1. The predicted octanol–water partition coefficient (Wildman–Crippen LogP) is 2.18. The molecule has 0 spiro atoms. The average Bonchev–Trinajstić information content (AvgIpc) is 2.51. The highest BCUT2D eigenvalue weighted by molar-refractivity contribution is 5.99. The summed E-state index contributed by atoms with van der Waals surface area (Å²) in [6, 6.07) is 8.32. The number of esters is 1. The minimum absolute atomic E-state index is 0.148. The lowest BCUT2D eigenvalue weighted by Crippen LogP contribution is -2.49. The second kappa shape index (κ2) is 7.09. The maximum atomic E-state index is 12.4. The first-order valence-corrected chi connectivity index (χ1v) is 7.46. The molecule has 0 saturated carbocycles. The van der Waals surface area contributed by atoms with Gasteiger partial charge < -0.3 is 10.1 Å². The van der Waals surface area contributed by atoms with Gasteiger partial charge in [-0.1, -0.05) is 30.3 Å². The summed E-state index contributed by atoms with van der Waals surface area (Å²) in [6.07, 6.45) is 0. The molecule has 1 N–H and O–H groups in total. The number of Topliss-reactive ketones (excluding diaryl/α,β-unsaturated/α-hetero) is 1. The lowest BCUT2D eigenvalue weighted by molar-refractivity contribution is -0.143. The smallest absolute Gasteiger partial charge is 0.326 e. The Labute approximate surface area is 135 Å². The molecule has 1 atom stereocenters. The Morgan fingerprint density at radius 2 is 1.91 bits per heavy atom. The number of rotatable bonds is 5. The Morgan fingerprint density at radius 1 is 1.26 bits per heavy atom. The topological polar surface area (TPSA) is 75.7 Å². The van der Waals surface area contributed by atoms with E-state index in [1.54, 1.807) is 13.8 Å². The van der Waals surface area contributed by atoms with Crippen LogP contribution in [-0.4, -0.2) is 35.8 Å². The van der Waals surface area contributed by atoms with E-state index in [4.69, 9.17) is 4.74 Å². The average molecular weight is 316 g/mol. The standard InChI is InChI=1S/C17H20N2O4/c1-4-23-14(21)10-19-11(2)15(12(3)20)16(18-17(19)22)13-8-6-5-7-9-13/h5-9,16H,4,10H2,1-3H3,(H,18,22)/t16-/m1/s1. The van der Waals surface area contributed by atoms with Gasteiger partial charge in [-0.15, -0.1) is 0 Å². The SMILES string of the molecule is CCOC(=O)CN1C(=O)N[C@H](c2ccccc2)C(C(C)=O)=C1C.